The third-order valence-electron chi connectivity index (χ3n) is 3.00. The van der Waals surface area contributed by atoms with Crippen molar-refractivity contribution in [2.24, 2.45) is 0 Å². The lowest BCUT2D eigenvalue weighted by Gasteiger charge is -2.07. The molecule has 1 aromatic heterocycles. The molecule has 6 heteroatoms. The van der Waals surface area contributed by atoms with Gasteiger partial charge in [-0.1, -0.05) is 30.7 Å². The maximum absolute atomic E-state index is 12.4. The van der Waals surface area contributed by atoms with Crippen LogP contribution in [0.25, 0.3) is 0 Å². The molecule has 108 valence electrons. The van der Waals surface area contributed by atoms with E-state index in [1.165, 1.54) is 12.1 Å². The van der Waals surface area contributed by atoms with E-state index >= 15 is 0 Å². The summed E-state index contributed by atoms with van der Waals surface area (Å²) in [5.74, 6) is 0. The number of nitrogens with zero attached hydrogens (tertiary/aromatic N) is 3. The summed E-state index contributed by atoms with van der Waals surface area (Å²) in [7, 11) is 0. The van der Waals surface area contributed by atoms with Gasteiger partial charge >= 0.3 is 6.18 Å². The molecule has 0 bridgehead atoms. The Morgan fingerprint density at radius 3 is 2.45 bits per heavy atom. The molecule has 0 aliphatic carbocycles. The molecule has 20 heavy (non-hydrogen) atoms. The van der Waals surface area contributed by atoms with E-state index in [4.69, 9.17) is 0 Å². The monoisotopic (exact) mass is 283 g/mol. The van der Waals surface area contributed by atoms with Crippen molar-refractivity contribution in [3.63, 3.8) is 0 Å². The Balaban J connectivity index is 2.01. The first-order chi connectivity index (χ1) is 9.49. The van der Waals surface area contributed by atoms with E-state index in [2.05, 4.69) is 17.2 Å². The van der Waals surface area contributed by atoms with E-state index in [1.54, 1.807) is 4.68 Å². The number of rotatable bonds is 5. The highest BCUT2D eigenvalue weighted by Crippen LogP contribution is 2.29. The summed E-state index contributed by atoms with van der Waals surface area (Å²) in [4.78, 5) is 0. The van der Waals surface area contributed by atoms with Crippen LogP contribution < -0.4 is 0 Å². The van der Waals surface area contributed by atoms with E-state index in [1.807, 2.05) is 6.20 Å². The maximum Gasteiger partial charge on any atom is 0.416 e. The molecular weight excluding hydrogens is 267 g/mol. The zero-order valence-corrected chi connectivity index (χ0v) is 11.2. The van der Waals surface area contributed by atoms with Gasteiger partial charge in [-0.15, -0.1) is 5.10 Å². The Morgan fingerprint density at radius 1 is 1.15 bits per heavy atom. The number of aryl methyl sites for hydroxylation is 1. The summed E-state index contributed by atoms with van der Waals surface area (Å²) in [6.07, 6.45) is 0.570. The van der Waals surface area contributed by atoms with Gasteiger partial charge < -0.3 is 0 Å². The average molecular weight is 283 g/mol. The Kier molecular flexibility index (Phi) is 4.42. The molecule has 0 radical (unpaired) electrons. The van der Waals surface area contributed by atoms with Crippen LogP contribution in [0, 0.1) is 0 Å². The highest BCUT2D eigenvalue weighted by atomic mass is 19.4. The van der Waals surface area contributed by atoms with Crippen LogP contribution in [0.1, 0.15) is 36.6 Å². The number of halogens is 3. The van der Waals surface area contributed by atoms with Crippen LogP contribution in [0.15, 0.2) is 30.5 Å². The minimum atomic E-state index is -4.29. The number of hydrogen-bond acceptors (Lipinski definition) is 2. The number of hydrogen-bond donors (Lipinski definition) is 0. The van der Waals surface area contributed by atoms with E-state index in [-0.39, 0.29) is 0 Å². The Hall–Kier alpha value is -1.85. The Bertz CT molecular complexity index is 544. The Labute approximate surface area is 115 Å². The van der Waals surface area contributed by atoms with Crippen LogP contribution in [-0.2, 0) is 19.1 Å². The van der Waals surface area contributed by atoms with Crippen molar-refractivity contribution in [1.82, 2.24) is 15.0 Å². The van der Waals surface area contributed by atoms with Crippen molar-refractivity contribution in [2.45, 2.75) is 38.9 Å². The zero-order valence-electron chi connectivity index (χ0n) is 11.2. The minimum absolute atomic E-state index is 0.428. The smallest absolute Gasteiger partial charge is 0.248 e. The molecule has 0 aliphatic rings. The molecule has 2 aromatic rings. The maximum atomic E-state index is 12.4. The van der Waals surface area contributed by atoms with Gasteiger partial charge in [0.25, 0.3) is 0 Å². The quantitative estimate of drug-likeness (QED) is 0.838. The molecule has 0 unspecified atom stereocenters. The molecule has 0 saturated carbocycles. The van der Waals surface area contributed by atoms with Crippen molar-refractivity contribution in [1.29, 1.82) is 0 Å². The fraction of sp³-hybridized carbons (Fsp3) is 0.429. The average Bonchev–Trinajstić information content (AvgIpc) is 2.83. The summed E-state index contributed by atoms with van der Waals surface area (Å²) < 4.78 is 39.0. The number of aromatic nitrogens is 3. The van der Waals surface area contributed by atoms with Gasteiger partial charge in [0.05, 0.1) is 17.8 Å². The van der Waals surface area contributed by atoms with E-state index in [0.717, 1.165) is 42.7 Å². The van der Waals surface area contributed by atoms with Gasteiger partial charge in [0.2, 0.25) is 0 Å². The van der Waals surface area contributed by atoms with Gasteiger partial charge in [0, 0.05) is 6.20 Å². The second-order valence-corrected chi connectivity index (χ2v) is 4.71. The fourth-order valence-corrected chi connectivity index (χ4v) is 1.87. The van der Waals surface area contributed by atoms with Gasteiger partial charge in [-0.25, -0.2) is 4.68 Å². The third-order valence-corrected chi connectivity index (χ3v) is 3.00. The molecule has 0 spiro atoms. The zero-order chi connectivity index (χ0) is 14.6. The molecule has 0 aliphatic heterocycles. The van der Waals surface area contributed by atoms with Crippen LogP contribution in [0.4, 0.5) is 13.2 Å². The number of alkyl halides is 3. The molecule has 3 nitrogen and oxygen atoms in total. The standard InChI is InChI=1S/C14H16F3N3/c1-2-3-4-13-10-20(19-18-13)9-11-5-7-12(8-6-11)14(15,16)17/h5-8,10H,2-4,9H2,1H3. The van der Waals surface area contributed by atoms with E-state index in [0.29, 0.717) is 6.54 Å². The molecule has 0 N–H and O–H groups in total. The summed E-state index contributed by atoms with van der Waals surface area (Å²) >= 11 is 0. The van der Waals surface area contributed by atoms with Gasteiger partial charge in [-0.05, 0) is 30.5 Å². The molecule has 1 aromatic carbocycles. The van der Waals surface area contributed by atoms with Crippen LogP contribution in [0.5, 0.6) is 0 Å². The summed E-state index contributed by atoms with van der Waals surface area (Å²) in [6, 6.07) is 5.11. The van der Waals surface area contributed by atoms with Crippen LogP contribution in [-0.4, -0.2) is 15.0 Å². The number of benzene rings is 1. The van der Waals surface area contributed by atoms with Crippen LogP contribution >= 0.6 is 0 Å². The molecule has 2 rings (SSSR count). The first-order valence-corrected chi connectivity index (χ1v) is 6.54. The van der Waals surface area contributed by atoms with Crippen molar-refractivity contribution in [2.75, 3.05) is 0 Å². The van der Waals surface area contributed by atoms with Gasteiger partial charge in [-0.3, -0.25) is 0 Å². The molecular formula is C14H16F3N3. The lowest BCUT2D eigenvalue weighted by Crippen LogP contribution is -2.05. The molecule has 0 atom stereocenters. The fourth-order valence-electron chi connectivity index (χ4n) is 1.87. The molecule has 0 fully saturated rings. The molecule has 0 amide bonds. The van der Waals surface area contributed by atoms with Crippen molar-refractivity contribution in [3.8, 4) is 0 Å². The lowest BCUT2D eigenvalue weighted by molar-refractivity contribution is -0.137. The van der Waals surface area contributed by atoms with Crippen molar-refractivity contribution >= 4 is 0 Å². The second-order valence-electron chi connectivity index (χ2n) is 4.71. The first kappa shape index (κ1) is 14.6. The third kappa shape index (κ3) is 3.82. The lowest BCUT2D eigenvalue weighted by atomic mass is 10.1. The highest BCUT2D eigenvalue weighted by molar-refractivity contribution is 5.24. The topological polar surface area (TPSA) is 30.7 Å². The van der Waals surface area contributed by atoms with Crippen LogP contribution in [0.2, 0.25) is 0 Å². The predicted octanol–water partition coefficient (Wildman–Crippen LogP) is 3.69. The number of unbranched alkanes of at least 4 members (excludes halogenated alkanes) is 1. The molecule has 1 heterocycles. The predicted molar refractivity (Wildman–Crippen MR) is 69.2 cm³/mol. The minimum Gasteiger partial charge on any atom is -0.248 e. The van der Waals surface area contributed by atoms with E-state index < -0.39 is 11.7 Å². The summed E-state index contributed by atoms with van der Waals surface area (Å²) in [6.45, 7) is 2.53. The van der Waals surface area contributed by atoms with Crippen molar-refractivity contribution in [3.05, 3.63) is 47.3 Å². The van der Waals surface area contributed by atoms with Crippen LogP contribution in [0.3, 0.4) is 0 Å². The molecule has 0 saturated heterocycles. The second kappa shape index (κ2) is 6.07. The largest absolute Gasteiger partial charge is 0.416 e. The van der Waals surface area contributed by atoms with E-state index in [9.17, 15) is 13.2 Å². The van der Waals surface area contributed by atoms with Crippen molar-refractivity contribution < 1.29 is 13.2 Å². The first-order valence-electron chi connectivity index (χ1n) is 6.54. The summed E-state index contributed by atoms with van der Waals surface area (Å²) in [5.41, 5.74) is 1.05. The van der Waals surface area contributed by atoms with Gasteiger partial charge in [0.1, 0.15) is 0 Å². The normalized spacial score (nSPS) is 11.8. The summed E-state index contributed by atoms with van der Waals surface area (Å²) in [5, 5.41) is 8.02. The van der Waals surface area contributed by atoms with Gasteiger partial charge in [0.15, 0.2) is 0 Å². The van der Waals surface area contributed by atoms with Gasteiger partial charge in [-0.2, -0.15) is 13.2 Å². The highest BCUT2D eigenvalue weighted by Gasteiger charge is 2.29. The SMILES string of the molecule is CCCCc1cn(Cc2ccc(C(F)(F)F)cc2)nn1. The Morgan fingerprint density at radius 2 is 1.85 bits per heavy atom.